The number of rotatable bonds is 8. The molecule has 0 aromatic carbocycles. The molecule has 0 spiro atoms. The van der Waals surface area contributed by atoms with E-state index in [0.717, 1.165) is 37.4 Å². The maximum atomic E-state index is 12.8. The number of thioether (sulfide) groups is 1. The average Bonchev–Trinajstić information content (AvgIpc) is 3.11. The van der Waals surface area contributed by atoms with Gasteiger partial charge in [0.2, 0.25) is 0 Å². The summed E-state index contributed by atoms with van der Waals surface area (Å²) >= 11 is 1.48. The molecule has 0 bridgehead atoms. The quantitative estimate of drug-likeness (QED) is 0.669. The van der Waals surface area contributed by atoms with Crippen LogP contribution >= 0.6 is 11.8 Å². The topological polar surface area (TPSA) is 89.3 Å². The Hall–Kier alpha value is -1.90. The number of piperidine rings is 1. The van der Waals surface area contributed by atoms with E-state index >= 15 is 0 Å². The molecule has 2 aromatic rings. The first-order valence-electron chi connectivity index (χ1n) is 9.10. The number of hydrogen-bond donors (Lipinski definition) is 2. The molecule has 0 unspecified atom stereocenters. The van der Waals surface area contributed by atoms with Gasteiger partial charge in [-0.05, 0) is 45.0 Å². The Morgan fingerprint density at radius 2 is 2.26 bits per heavy atom. The summed E-state index contributed by atoms with van der Waals surface area (Å²) in [5.41, 5.74) is 1.41. The van der Waals surface area contributed by atoms with Gasteiger partial charge < -0.3 is 19.9 Å². The molecular formula is C19H26N4O3S. The SMILES string of the molecule is COCC1(CNC(=O)c2cccnc2SCc2cc(C)on2)CCNCC1. The molecule has 0 atom stereocenters. The number of ether oxygens (including phenoxy) is 1. The number of nitrogens with zero attached hydrogens (tertiary/aromatic N) is 2. The van der Waals surface area contributed by atoms with Crippen molar-refractivity contribution in [2.45, 2.75) is 30.5 Å². The van der Waals surface area contributed by atoms with Crippen LogP contribution in [0, 0.1) is 12.3 Å². The molecule has 2 aromatic heterocycles. The Balaban J connectivity index is 1.63. The van der Waals surface area contributed by atoms with Crippen molar-refractivity contribution < 1.29 is 14.1 Å². The Morgan fingerprint density at radius 3 is 2.96 bits per heavy atom. The molecule has 146 valence electrons. The molecule has 3 rings (SSSR count). The third-order valence-electron chi connectivity index (χ3n) is 4.79. The van der Waals surface area contributed by atoms with Crippen LogP contribution in [0.2, 0.25) is 0 Å². The average molecular weight is 391 g/mol. The van der Waals surface area contributed by atoms with Crippen molar-refractivity contribution in [2.75, 3.05) is 33.4 Å². The molecule has 0 radical (unpaired) electrons. The largest absolute Gasteiger partial charge is 0.384 e. The molecule has 2 N–H and O–H groups in total. The highest BCUT2D eigenvalue weighted by atomic mass is 32.2. The Morgan fingerprint density at radius 1 is 1.44 bits per heavy atom. The molecule has 27 heavy (non-hydrogen) atoms. The van der Waals surface area contributed by atoms with Gasteiger partial charge in [-0.3, -0.25) is 4.79 Å². The monoisotopic (exact) mass is 390 g/mol. The Kier molecular flexibility index (Phi) is 6.87. The number of carbonyl (C=O) groups is 1. The van der Waals surface area contributed by atoms with Gasteiger partial charge in [0, 0.05) is 37.1 Å². The summed E-state index contributed by atoms with van der Waals surface area (Å²) in [4.78, 5) is 17.2. The molecule has 1 aliphatic rings. The summed E-state index contributed by atoms with van der Waals surface area (Å²) in [5.74, 6) is 1.28. The van der Waals surface area contributed by atoms with Crippen LogP contribution in [-0.4, -0.2) is 49.4 Å². The third-order valence-corrected chi connectivity index (χ3v) is 5.83. The van der Waals surface area contributed by atoms with E-state index in [-0.39, 0.29) is 11.3 Å². The number of pyridine rings is 1. The summed E-state index contributed by atoms with van der Waals surface area (Å²) in [7, 11) is 1.72. The predicted molar refractivity (Wildman–Crippen MR) is 104 cm³/mol. The highest BCUT2D eigenvalue weighted by molar-refractivity contribution is 7.98. The van der Waals surface area contributed by atoms with Crippen LogP contribution in [0.5, 0.6) is 0 Å². The van der Waals surface area contributed by atoms with Crippen molar-refractivity contribution in [1.29, 1.82) is 0 Å². The van der Waals surface area contributed by atoms with Crippen LogP contribution in [0.4, 0.5) is 0 Å². The van der Waals surface area contributed by atoms with Crippen LogP contribution in [0.3, 0.4) is 0 Å². The zero-order valence-corrected chi connectivity index (χ0v) is 16.6. The van der Waals surface area contributed by atoms with Gasteiger partial charge in [0.1, 0.15) is 10.8 Å². The first-order valence-corrected chi connectivity index (χ1v) is 10.1. The second-order valence-electron chi connectivity index (χ2n) is 6.94. The van der Waals surface area contributed by atoms with Crippen molar-refractivity contribution in [3.8, 4) is 0 Å². The van der Waals surface area contributed by atoms with Crippen molar-refractivity contribution in [2.24, 2.45) is 5.41 Å². The fourth-order valence-corrected chi connectivity index (χ4v) is 4.18. The molecule has 1 amide bonds. The summed E-state index contributed by atoms with van der Waals surface area (Å²) in [6, 6.07) is 5.49. The van der Waals surface area contributed by atoms with E-state index in [1.165, 1.54) is 11.8 Å². The van der Waals surface area contributed by atoms with E-state index in [9.17, 15) is 4.79 Å². The van der Waals surface area contributed by atoms with E-state index in [4.69, 9.17) is 9.26 Å². The second kappa shape index (κ2) is 9.34. The van der Waals surface area contributed by atoms with E-state index in [1.807, 2.05) is 19.1 Å². The molecule has 0 saturated carbocycles. The number of nitrogens with one attached hydrogen (secondary N) is 2. The molecule has 1 aliphatic heterocycles. The lowest BCUT2D eigenvalue weighted by Crippen LogP contribution is -2.47. The van der Waals surface area contributed by atoms with E-state index in [2.05, 4.69) is 20.8 Å². The van der Waals surface area contributed by atoms with E-state index < -0.39 is 0 Å². The maximum absolute atomic E-state index is 12.8. The first kappa shape index (κ1) is 19.9. The van der Waals surface area contributed by atoms with Crippen molar-refractivity contribution in [1.82, 2.24) is 20.8 Å². The minimum Gasteiger partial charge on any atom is -0.384 e. The van der Waals surface area contributed by atoms with Gasteiger partial charge in [-0.2, -0.15) is 0 Å². The van der Waals surface area contributed by atoms with Gasteiger partial charge in [0.05, 0.1) is 17.9 Å². The third kappa shape index (κ3) is 5.31. The van der Waals surface area contributed by atoms with Crippen LogP contribution < -0.4 is 10.6 Å². The number of amides is 1. The smallest absolute Gasteiger partial charge is 0.254 e. The zero-order valence-electron chi connectivity index (χ0n) is 15.8. The summed E-state index contributed by atoms with van der Waals surface area (Å²) in [6.07, 6.45) is 3.68. The summed E-state index contributed by atoms with van der Waals surface area (Å²) in [5, 5.41) is 11.2. The maximum Gasteiger partial charge on any atom is 0.254 e. The van der Waals surface area contributed by atoms with E-state index in [0.29, 0.717) is 29.5 Å². The van der Waals surface area contributed by atoms with Crippen molar-refractivity contribution in [3.05, 3.63) is 41.4 Å². The van der Waals surface area contributed by atoms with Crippen molar-refractivity contribution >= 4 is 17.7 Å². The van der Waals surface area contributed by atoms with E-state index in [1.54, 1.807) is 19.4 Å². The number of aryl methyl sites for hydroxylation is 1. The minimum atomic E-state index is -0.101. The minimum absolute atomic E-state index is 0.0105. The lowest BCUT2D eigenvalue weighted by Gasteiger charge is -2.37. The molecule has 0 aliphatic carbocycles. The molecular weight excluding hydrogens is 364 g/mol. The lowest BCUT2D eigenvalue weighted by molar-refractivity contribution is 0.0511. The fraction of sp³-hybridized carbons (Fsp3) is 0.526. The molecule has 3 heterocycles. The standard InChI is InChI=1S/C19H26N4O3S/c1-14-10-15(23-26-14)11-27-18-16(4-3-7-21-18)17(24)22-12-19(13-25-2)5-8-20-9-6-19/h3-4,7,10,20H,5-6,8-9,11-13H2,1-2H3,(H,22,24). The van der Waals surface area contributed by atoms with Gasteiger partial charge in [0.15, 0.2) is 0 Å². The van der Waals surface area contributed by atoms with Crippen LogP contribution in [-0.2, 0) is 10.5 Å². The van der Waals surface area contributed by atoms with Gasteiger partial charge in [-0.15, -0.1) is 0 Å². The number of hydrogen-bond acceptors (Lipinski definition) is 7. The van der Waals surface area contributed by atoms with Crippen LogP contribution in [0.25, 0.3) is 0 Å². The van der Waals surface area contributed by atoms with Crippen LogP contribution in [0.1, 0.15) is 34.7 Å². The zero-order chi connectivity index (χ0) is 19.1. The van der Waals surface area contributed by atoms with Gasteiger partial charge in [-0.1, -0.05) is 16.9 Å². The Labute approximate surface area is 163 Å². The number of carbonyl (C=O) groups excluding carboxylic acids is 1. The first-order chi connectivity index (χ1) is 13.1. The number of aromatic nitrogens is 2. The molecule has 1 fully saturated rings. The number of methoxy groups -OCH3 is 1. The molecule has 8 heteroatoms. The van der Waals surface area contributed by atoms with Gasteiger partial charge >= 0.3 is 0 Å². The highest BCUT2D eigenvalue weighted by Gasteiger charge is 2.32. The fourth-order valence-electron chi connectivity index (χ4n) is 3.31. The highest BCUT2D eigenvalue weighted by Crippen LogP contribution is 2.29. The lowest BCUT2D eigenvalue weighted by atomic mass is 9.79. The molecule has 1 saturated heterocycles. The molecule has 7 nitrogen and oxygen atoms in total. The summed E-state index contributed by atoms with van der Waals surface area (Å²) < 4.78 is 10.5. The van der Waals surface area contributed by atoms with Gasteiger partial charge in [0.25, 0.3) is 5.91 Å². The predicted octanol–water partition coefficient (Wildman–Crippen LogP) is 2.42. The van der Waals surface area contributed by atoms with Crippen molar-refractivity contribution in [3.63, 3.8) is 0 Å². The second-order valence-corrected chi connectivity index (χ2v) is 7.90. The van der Waals surface area contributed by atoms with Gasteiger partial charge in [-0.25, -0.2) is 4.98 Å². The normalized spacial score (nSPS) is 16.2. The van der Waals surface area contributed by atoms with Crippen LogP contribution in [0.15, 0.2) is 33.9 Å². The summed E-state index contributed by atoms with van der Waals surface area (Å²) in [6.45, 7) is 5.00. The Bertz CT molecular complexity index is 753.